The van der Waals surface area contributed by atoms with Gasteiger partial charge in [0.1, 0.15) is 24.1 Å². The van der Waals surface area contributed by atoms with Gasteiger partial charge in [-0.15, -0.1) is 0 Å². The maximum absolute atomic E-state index is 13.3. The molecule has 2 aromatic carbocycles. The molecule has 0 spiro atoms. The van der Waals surface area contributed by atoms with Crippen molar-refractivity contribution in [1.82, 2.24) is 19.6 Å². The Morgan fingerprint density at radius 2 is 1.83 bits per heavy atom. The standard InChI is InChI=1S/C22H20FN5O/c1-15-12-27(13-20(29-15)17-7-9-18(23)10-8-17)21-11-19(16-5-3-2-4-6-16)26-22-24-14-25-28(21)22/h2-11,14-15,20H,12-13H2,1H3. The zero-order valence-electron chi connectivity index (χ0n) is 15.9. The average Bonchev–Trinajstić information content (AvgIpc) is 3.22. The summed E-state index contributed by atoms with van der Waals surface area (Å²) in [6.07, 6.45) is 1.36. The summed E-state index contributed by atoms with van der Waals surface area (Å²) in [6, 6.07) is 18.6. The Balaban J connectivity index is 1.55. The monoisotopic (exact) mass is 389 g/mol. The van der Waals surface area contributed by atoms with Gasteiger partial charge in [-0.1, -0.05) is 42.5 Å². The minimum atomic E-state index is -0.250. The number of anilines is 1. The fraction of sp³-hybridized carbons (Fsp3) is 0.227. The minimum absolute atomic E-state index is 0.00529. The molecule has 146 valence electrons. The summed E-state index contributed by atoms with van der Waals surface area (Å²) in [5.41, 5.74) is 2.82. The van der Waals surface area contributed by atoms with E-state index in [4.69, 9.17) is 4.74 Å². The van der Waals surface area contributed by atoms with Gasteiger partial charge in [0.2, 0.25) is 0 Å². The minimum Gasteiger partial charge on any atom is -0.367 e. The Kier molecular flexibility index (Phi) is 4.44. The first kappa shape index (κ1) is 17.8. The van der Waals surface area contributed by atoms with Crippen LogP contribution in [-0.4, -0.2) is 38.8 Å². The summed E-state index contributed by atoms with van der Waals surface area (Å²) in [5.74, 6) is 1.22. The molecule has 4 aromatic rings. The van der Waals surface area contributed by atoms with E-state index in [0.29, 0.717) is 18.9 Å². The van der Waals surface area contributed by atoms with Crippen LogP contribution in [0.2, 0.25) is 0 Å². The van der Waals surface area contributed by atoms with Crippen molar-refractivity contribution in [3.8, 4) is 11.3 Å². The number of hydrogen-bond acceptors (Lipinski definition) is 5. The van der Waals surface area contributed by atoms with Gasteiger partial charge in [0.25, 0.3) is 5.78 Å². The second-order valence-corrected chi connectivity index (χ2v) is 7.23. The third-order valence-electron chi connectivity index (χ3n) is 5.13. The van der Waals surface area contributed by atoms with Crippen LogP contribution >= 0.6 is 0 Å². The highest BCUT2D eigenvalue weighted by Gasteiger charge is 2.28. The lowest BCUT2D eigenvalue weighted by atomic mass is 10.1. The first-order valence-corrected chi connectivity index (χ1v) is 9.59. The molecule has 1 aliphatic rings. The molecule has 0 N–H and O–H groups in total. The summed E-state index contributed by atoms with van der Waals surface area (Å²) in [5, 5.41) is 4.37. The summed E-state index contributed by atoms with van der Waals surface area (Å²) < 4.78 is 21.2. The molecule has 7 heteroatoms. The van der Waals surface area contributed by atoms with Crippen molar-refractivity contribution in [2.24, 2.45) is 0 Å². The first-order chi connectivity index (χ1) is 14.2. The van der Waals surface area contributed by atoms with Gasteiger partial charge in [0, 0.05) is 24.7 Å². The molecule has 5 rings (SSSR count). The van der Waals surface area contributed by atoms with Crippen molar-refractivity contribution in [1.29, 1.82) is 0 Å². The molecule has 2 unspecified atom stereocenters. The van der Waals surface area contributed by atoms with Crippen LogP contribution in [0.25, 0.3) is 17.0 Å². The second-order valence-electron chi connectivity index (χ2n) is 7.23. The molecule has 2 atom stereocenters. The van der Waals surface area contributed by atoms with Crippen molar-refractivity contribution in [3.05, 3.63) is 78.4 Å². The largest absolute Gasteiger partial charge is 0.367 e. The van der Waals surface area contributed by atoms with Gasteiger partial charge in [-0.05, 0) is 24.6 Å². The van der Waals surface area contributed by atoms with Crippen LogP contribution in [0.15, 0.2) is 67.0 Å². The lowest BCUT2D eigenvalue weighted by molar-refractivity contribution is -0.0177. The lowest BCUT2D eigenvalue weighted by Crippen LogP contribution is -2.43. The third kappa shape index (κ3) is 3.45. The van der Waals surface area contributed by atoms with Gasteiger partial charge in [0.05, 0.1) is 11.8 Å². The SMILES string of the molecule is CC1CN(c2cc(-c3ccccc3)nc3ncnn23)CC(c2ccc(F)cc2)O1. The molecule has 0 bridgehead atoms. The maximum atomic E-state index is 13.3. The highest BCUT2D eigenvalue weighted by molar-refractivity contribution is 5.65. The van der Waals surface area contributed by atoms with E-state index < -0.39 is 0 Å². The molecule has 0 aliphatic carbocycles. The van der Waals surface area contributed by atoms with Gasteiger partial charge in [-0.3, -0.25) is 0 Å². The molecular formula is C22H20FN5O. The molecule has 1 saturated heterocycles. The summed E-state index contributed by atoms with van der Waals surface area (Å²) >= 11 is 0. The van der Waals surface area contributed by atoms with Crippen LogP contribution in [0.5, 0.6) is 0 Å². The number of rotatable bonds is 3. The van der Waals surface area contributed by atoms with Crippen LogP contribution in [0.4, 0.5) is 10.2 Å². The first-order valence-electron chi connectivity index (χ1n) is 9.59. The van der Waals surface area contributed by atoms with E-state index in [1.807, 2.05) is 43.3 Å². The van der Waals surface area contributed by atoms with Gasteiger partial charge in [-0.2, -0.15) is 14.6 Å². The molecule has 2 aromatic heterocycles. The Bertz CT molecular complexity index is 1130. The average molecular weight is 389 g/mol. The summed E-state index contributed by atoms with van der Waals surface area (Å²) in [6.45, 7) is 3.38. The Labute approximate surface area is 167 Å². The lowest BCUT2D eigenvalue weighted by Gasteiger charge is -2.38. The van der Waals surface area contributed by atoms with E-state index in [-0.39, 0.29) is 18.0 Å². The number of aromatic nitrogens is 4. The van der Waals surface area contributed by atoms with E-state index in [1.54, 1.807) is 16.6 Å². The molecule has 29 heavy (non-hydrogen) atoms. The Morgan fingerprint density at radius 1 is 1.03 bits per heavy atom. The molecule has 3 heterocycles. The predicted octanol–water partition coefficient (Wildman–Crippen LogP) is 3.90. The Hall–Kier alpha value is -3.32. The third-order valence-corrected chi connectivity index (χ3v) is 5.13. The number of fused-ring (bicyclic) bond motifs is 1. The van der Waals surface area contributed by atoms with E-state index in [2.05, 4.69) is 20.0 Å². The van der Waals surface area contributed by atoms with E-state index in [9.17, 15) is 4.39 Å². The smallest absolute Gasteiger partial charge is 0.254 e. The molecule has 1 aliphatic heterocycles. The zero-order valence-corrected chi connectivity index (χ0v) is 15.9. The Morgan fingerprint density at radius 3 is 2.62 bits per heavy atom. The highest BCUT2D eigenvalue weighted by atomic mass is 19.1. The molecule has 1 fully saturated rings. The van der Waals surface area contributed by atoms with Crippen molar-refractivity contribution < 1.29 is 9.13 Å². The number of ether oxygens (including phenoxy) is 1. The number of morpholine rings is 1. The van der Waals surface area contributed by atoms with Gasteiger partial charge in [-0.25, -0.2) is 9.37 Å². The van der Waals surface area contributed by atoms with Gasteiger partial charge in [0.15, 0.2) is 0 Å². The second kappa shape index (κ2) is 7.25. The normalized spacial score (nSPS) is 19.6. The van der Waals surface area contributed by atoms with Crippen molar-refractivity contribution in [3.63, 3.8) is 0 Å². The van der Waals surface area contributed by atoms with Crippen molar-refractivity contribution >= 4 is 11.6 Å². The van der Waals surface area contributed by atoms with E-state index in [1.165, 1.54) is 18.5 Å². The van der Waals surface area contributed by atoms with Gasteiger partial charge < -0.3 is 9.64 Å². The van der Waals surface area contributed by atoms with Crippen LogP contribution in [0.3, 0.4) is 0 Å². The number of nitrogens with zero attached hydrogens (tertiary/aromatic N) is 5. The topological polar surface area (TPSA) is 55.6 Å². The van der Waals surface area contributed by atoms with E-state index in [0.717, 1.165) is 22.6 Å². The van der Waals surface area contributed by atoms with E-state index >= 15 is 0 Å². The molecule has 0 saturated carbocycles. The highest BCUT2D eigenvalue weighted by Crippen LogP contribution is 2.30. The quantitative estimate of drug-likeness (QED) is 0.532. The number of benzene rings is 2. The predicted molar refractivity (Wildman–Crippen MR) is 108 cm³/mol. The zero-order chi connectivity index (χ0) is 19.8. The van der Waals surface area contributed by atoms with Crippen LogP contribution in [-0.2, 0) is 4.74 Å². The molecule has 0 radical (unpaired) electrons. The fourth-order valence-corrected chi connectivity index (χ4v) is 3.78. The van der Waals surface area contributed by atoms with Gasteiger partial charge >= 0.3 is 0 Å². The van der Waals surface area contributed by atoms with Crippen molar-refractivity contribution in [2.75, 3.05) is 18.0 Å². The summed E-state index contributed by atoms with van der Waals surface area (Å²) in [7, 11) is 0. The van der Waals surface area contributed by atoms with Crippen LogP contribution in [0.1, 0.15) is 18.6 Å². The number of halogens is 1. The van der Waals surface area contributed by atoms with Crippen molar-refractivity contribution in [2.45, 2.75) is 19.1 Å². The number of hydrogen-bond donors (Lipinski definition) is 0. The molecular weight excluding hydrogens is 369 g/mol. The molecule has 6 nitrogen and oxygen atoms in total. The van der Waals surface area contributed by atoms with Crippen LogP contribution < -0.4 is 4.90 Å². The fourth-order valence-electron chi connectivity index (χ4n) is 3.78. The summed E-state index contributed by atoms with van der Waals surface area (Å²) in [4.78, 5) is 11.2. The van der Waals surface area contributed by atoms with Crippen LogP contribution in [0, 0.1) is 5.82 Å². The maximum Gasteiger partial charge on any atom is 0.254 e. The molecule has 0 amide bonds.